The highest BCUT2D eigenvalue weighted by molar-refractivity contribution is 6.18. The fraction of sp³-hybridized carbons (Fsp3) is 0.211. The molecule has 0 unspecified atom stereocenters. The van der Waals surface area contributed by atoms with Crippen LogP contribution >= 0.6 is 11.6 Å². The number of nitrogens with zero attached hydrogens (tertiary/aromatic N) is 2. The Hall–Kier alpha value is -2.84. The number of rotatable bonds is 4. The van der Waals surface area contributed by atoms with Gasteiger partial charge in [-0.1, -0.05) is 18.2 Å². The molecule has 3 aromatic rings. The average Bonchev–Trinajstić information content (AvgIpc) is 2.95. The molecule has 0 aliphatic rings. The van der Waals surface area contributed by atoms with E-state index in [4.69, 9.17) is 16.3 Å². The topological polar surface area (TPSA) is 71.6 Å². The number of aromatic nitrogens is 1. The van der Waals surface area contributed by atoms with Crippen molar-refractivity contribution in [2.24, 2.45) is 0 Å². The number of benzene rings is 1. The molecule has 0 radical (unpaired) electrons. The van der Waals surface area contributed by atoms with Crippen LogP contribution in [0.1, 0.15) is 44.5 Å². The highest BCUT2D eigenvalue weighted by Crippen LogP contribution is 2.34. The molecule has 3 rings (SSSR count). The fourth-order valence-electron chi connectivity index (χ4n) is 3.26. The molecule has 0 spiro atoms. The van der Waals surface area contributed by atoms with E-state index in [0.717, 1.165) is 10.9 Å². The van der Waals surface area contributed by atoms with Gasteiger partial charge in [-0.2, -0.15) is 5.26 Å². The van der Waals surface area contributed by atoms with Gasteiger partial charge in [-0.25, -0.2) is 4.79 Å². The smallest absolute Gasteiger partial charge is 0.340 e. The first-order valence-corrected chi connectivity index (χ1v) is 8.31. The monoisotopic (exact) mass is 354 g/mol. The third-order valence-corrected chi connectivity index (χ3v) is 4.58. The van der Waals surface area contributed by atoms with Crippen molar-refractivity contribution in [1.82, 2.24) is 4.40 Å². The number of hydrogen-bond acceptors (Lipinski definition) is 4. The van der Waals surface area contributed by atoms with Crippen LogP contribution in [0, 0.1) is 18.3 Å². The molecule has 126 valence electrons. The van der Waals surface area contributed by atoms with Crippen molar-refractivity contribution in [3.8, 4) is 6.07 Å². The second-order valence-electron chi connectivity index (χ2n) is 5.52. The summed E-state index contributed by atoms with van der Waals surface area (Å²) in [6.07, 6.45) is 0.669. The lowest BCUT2D eigenvalue weighted by molar-refractivity contribution is 0.0527. The maximum atomic E-state index is 12.6. The number of para-hydroxylation sites is 1. The van der Waals surface area contributed by atoms with Crippen LogP contribution in [-0.4, -0.2) is 23.3 Å². The molecule has 0 amide bonds. The van der Waals surface area contributed by atoms with Gasteiger partial charge in [-0.15, -0.1) is 11.6 Å². The third kappa shape index (κ3) is 2.38. The molecule has 1 aromatic carbocycles. The van der Waals surface area contributed by atoms with Crippen molar-refractivity contribution in [1.29, 1.82) is 5.26 Å². The van der Waals surface area contributed by atoms with E-state index in [-0.39, 0.29) is 29.3 Å². The first-order valence-electron chi connectivity index (χ1n) is 7.77. The SMILES string of the molecule is CCOC(=O)c1c(C)c2ccccc2n2c(C=O)c(CCl)c(C#N)c12. The summed E-state index contributed by atoms with van der Waals surface area (Å²) in [4.78, 5) is 24.4. The molecule has 0 aliphatic heterocycles. The highest BCUT2D eigenvalue weighted by atomic mass is 35.5. The number of nitriles is 1. The number of hydrogen-bond donors (Lipinski definition) is 0. The molecule has 5 nitrogen and oxygen atoms in total. The van der Waals surface area contributed by atoms with Crippen LogP contribution in [0.2, 0.25) is 0 Å². The molecule has 0 atom stereocenters. The second kappa shape index (κ2) is 6.58. The van der Waals surface area contributed by atoms with E-state index in [1.807, 2.05) is 31.2 Å². The number of esters is 1. The molecule has 0 saturated heterocycles. The molecule has 2 aromatic heterocycles. The van der Waals surface area contributed by atoms with Crippen molar-refractivity contribution in [3.63, 3.8) is 0 Å². The maximum absolute atomic E-state index is 12.6. The molecular formula is C19H15ClN2O3. The van der Waals surface area contributed by atoms with Crippen LogP contribution in [0.3, 0.4) is 0 Å². The van der Waals surface area contributed by atoms with Crippen LogP contribution in [0.4, 0.5) is 0 Å². The number of fused-ring (bicyclic) bond motifs is 3. The zero-order valence-electron chi connectivity index (χ0n) is 13.8. The first-order chi connectivity index (χ1) is 12.1. The molecular weight excluding hydrogens is 340 g/mol. The molecule has 0 aliphatic carbocycles. The normalized spacial score (nSPS) is 10.8. The largest absolute Gasteiger partial charge is 0.462 e. The predicted octanol–water partition coefficient (Wildman–Crippen LogP) is 4.00. The van der Waals surface area contributed by atoms with Gasteiger partial charge in [0, 0.05) is 10.9 Å². The number of halogens is 1. The lowest BCUT2D eigenvalue weighted by atomic mass is 10.0. The standard InChI is InChI=1S/C19H15ClN2O3/c1-3-25-19(24)17-11(2)12-6-4-5-7-15(12)22-16(10-23)13(8-20)14(9-21)18(17)22/h4-7,10H,3,8H2,1-2H3. The van der Waals surface area contributed by atoms with E-state index in [0.29, 0.717) is 22.9 Å². The lowest BCUT2D eigenvalue weighted by Gasteiger charge is -2.14. The summed E-state index contributed by atoms with van der Waals surface area (Å²) < 4.78 is 6.84. The van der Waals surface area contributed by atoms with Crippen molar-refractivity contribution in [3.05, 3.63) is 52.2 Å². The van der Waals surface area contributed by atoms with E-state index in [9.17, 15) is 14.9 Å². The summed E-state index contributed by atoms with van der Waals surface area (Å²) in [7, 11) is 0. The Balaban J connectivity index is 2.67. The zero-order chi connectivity index (χ0) is 18.1. The number of alkyl halides is 1. The minimum Gasteiger partial charge on any atom is -0.462 e. The summed E-state index contributed by atoms with van der Waals surface area (Å²) >= 11 is 6.01. The molecule has 0 saturated carbocycles. The van der Waals surface area contributed by atoms with Crippen LogP contribution < -0.4 is 0 Å². The van der Waals surface area contributed by atoms with Gasteiger partial charge < -0.3 is 9.14 Å². The van der Waals surface area contributed by atoms with E-state index in [1.54, 1.807) is 11.3 Å². The zero-order valence-corrected chi connectivity index (χ0v) is 14.6. The third-order valence-electron chi connectivity index (χ3n) is 4.31. The van der Waals surface area contributed by atoms with Gasteiger partial charge in [0.1, 0.15) is 6.07 Å². The van der Waals surface area contributed by atoms with Gasteiger partial charge in [-0.3, -0.25) is 4.79 Å². The summed E-state index contributed by atoms with van der Waals surface area (Å²) in [5.74, 6) is -0.530. The van der Waals surface area contributed by atoms with Crippen molar-refractivity contribution < 1.29 is 14.3 Å². The Morgan fingerprint density at radius 2 is 2.12 bits per heavy atom. The van der Waals surface area contributed by atoms with Gasteiger partial charge >= 0.3 is 5.97 Å². The second-order valence-corrected chi connectivity index (χ2v) is 5.79. The maximum Gasteiger partial charge on any atom is 0.340 e. The molecule has 0 fully saturated rings. The van der Waals surface area contributed by atoms with Crippen LogP contribution in [0.15, 0.2) is 24.3 Å². The van der Waals surface area contributed by atoms with Gasteiger partial charge in [0.25, 0.3) is 0 Å². The number of aldehydes is 1. The Kier molecular flexibility index (Phi) is 4.47. The van der Waals surface area contributed by atoms with Crippen LogP contribution in [0.5, 0.6) is 0 Å². The molecule has 25 heavy (non-hydrogen) atoms. The highest BCUT2D eigenvalue weighted by Gasteiger charge is 2.27. The number of ether oxygens (including phenoxy) is 1. The molecule has 0 N–H and O–H groups in total. The minimum absolute atomic E-state index is 0.00567. The number of pyridine rings is 1. The molecule has 6 heteroatoms. The van der Waals surface area contributed by atoms with Gasteiger partial charge in [0.2, 0.25) is 0 Å². The Morgan fingerprint density at radius 3 is 2.72 bits per heavy atom. The lowest BCUT2D eigenvalue weighted by Crippen LogP contribution is -2.11. The van der Waals surface area contributed by atoms with Gasteiger partial charge in [-0.05, 0) is 25.5 Å². The van der Waals surface area contributed by atoms with Crippen LogP contribution in [-0.2, 0) is 10.6 Å². The summed E-state index contributed by atoms with van der Waals surface area (Å²) in [5.41, 5.74) is 3.02. The number of carbonyl (C=O) groups is 2. The summed E-state index contributed by atoms with van der Waals surface area (Å²) in [6, 6.07) is 9.51. The Bertz CT molecular complexity index is 1060. The van der Waals surface area contributed by atoms with E-state index < -0.39 is 5.97 Å². The number of aryl methyl sites for hydroxylation is 1. The average molecular weight is 355 g/mol. The quantitative estimate of drug-likeness (QED) is 0.403. The van der Waals surface area contributed by atoms with Crippen molar-refractivity contribution in [2.45, 2.75) is 19.7 Å². The Labute approximate surface area is 149 Å². The summed E-state index contributed by atoms with van der Waals surface area (Å²) in [6.45, 7) is 3.74. The van der Waals surface area contributed by atoms with Gasteiger partial charge in [0.15, 0.2) is 6.29 Å². The van der Waals surface area contributed by atoms with E-state index in [2.05, 4.69) is 6.07 Å². The van der Waals surface area contributed by atoms with Crippen molar-refractivity contribution in [2.75, 3.05) is 6.61 Å². The molecule has 2 heterocycles. The van der Waals surface area contributed by atoms with E-state index >= 15 is 0 Å². The predicted molar refractivity (Wildman–Crippen MR) is 95.3 cm³/mol. The van der Waals surface area contributed by atoms with Crippen molar-refractivity contribution >= 4 is 40.3 Å². The minimum atomic E-state index is -0.525. The fourth-order valence-corrected chi connectivity index (χ4v) is 3.53. The van der Waals surface area contributed by atoms with Crippen LogP contribution in [0.25, 0.3) is 16.4 Å². The Morgan fingerprint density at radius 1 is 1.40 bits per heavy atom. The summed E-state index contributed by atoms with van der Waals surface area (Å²) in [5, 5.41) is 10.5. The number of carbonyl (C=O) groups excluding carboxylic acids is 2. The molecule has 0 bridgehead atoms. The van der Waals surface area contributed by atoms with Gasteiger partial charge in [0.05, 0.1) is 40.3 Å². The van der Waals surface area contributed by atoms with E-state index in [1.165, 1.54) is 0 Å². The first kappa shape index (κ1) is 17.0.